The molecule has 1 saturated heterocycles. The van der Waals surface area contributed by atoms with Gasteiger partial charge >= 0.3 is 0 Å². The average Bonchev–Trinajstić information content (AvgIpc) is 3.30. The van der Waals surface area contributed by atoms with Crippen molar-refractivity contribution in [3.63, 3.8) is 0 Å². The minimum atomic E-state index is 0.0448. The second-order valence-corrected chi connectivity index (χ2v) is 8.73. The van der Waals surface area contributed by atoms with E-state index in [-0.39, 0.29) is 5.91 Å². The SMILES string of the molecule is O=C(c1ccc(Cl)s1)N1CCN(c2ccc(-c3noc(C4CC4)n3)cn2)CC1. The second-order valence-electron chi connectivity index (χ2n) is 7.02. The maximum atomic E-state index is 12.5. The lowest BCUT2D eigenvalue weighted by Gasteiger charge is -2.35. The molecule has 28 heavy (non-hydrogen) atoms. The van der Waals surface area contributed by atoms with Gasteiger partial charge in [-0.2, -0.15) is 4.98 Å². The normalized spacial score (nSPS) is 17.2. The molecule has 0 unspecified atom stereocenters. The van der Waals surface area contributed by atoms with Gasteiger partial charge in [0, 0.05) is 43.9 Å². The first kappa shape index (κ1) is 17.6. The van der Waals surface area contributed by atoms with Gasteiger partial charge in [-0.1, -0.05) is 16.8 Å². The quantitative estimate of drug-likeness (QED) is 0.647. The first-order chi connectivity index (χ1) is 13.7. The fraction of sp³-hybridized carbons (Fsp3) is 0.368. The van der Waals surface area contributed by atoms with Crippen molar-refractivity contribution in [1.82, 2.24) is 20.0 Å². The van der Waals surface area contributed by atoms with Crippen molar-refractivity contribution in [1.29, 1.82) is 0 Å². The largest absolute Gasteiger partial charge is 0.353 e. The maximum absolute atomic E-state index is 12.5. The van der Waals surface area contributed by atoms with E-state index in [4.69, 9.17) is 16.1 Å². The maximum Gasteiger partial charge on any atom is 0.264 e. The zero-order valence-corrected chi connectivity index (χ0v) is 16.6. The summed E-state index contributed by atoms with van der Waals surface area (Å²) in [5.74, 6) is 2.69. The predicted molar refractivity (Wildman–Crippen MR) is 107 cm³/mol. The first-order valence-electron chi connectivity index (χ1n) is 9.27. The van der Waals surface area contributed by atoms with Gasteiger partial charge in [-0.25, -0.2) is 4.98 Å². The topological polar surface area (TPSA) is 75.4 Å². The van der Waals surface area contributed by atoms with Crippen LogP contribution in [0.4, 0.5) is 5.82 Å². The van der Waals surface area contributed by atoms with Crippen LogP contribution in [0.25, 0.3) is 11.4 Å². The van der Waals surface area contributed by atoms with Crippen molar-refractivity contribution in [3.8, 4) is 11.4 Å². The van der Waals surface area contributed by atoms with Gasteiger partial charge in [0.25, 0.3) is 5.91 Å². The number of hydrogen-bond acceptors (Lipinski definition) is 7. The molecule has 4 heterocycles. The molecule has 144 valence electrons. The van der Waals surface area contributed by atoms with Crippen LogP contribution in [0, 0.1) is 0 Å². The Balaban J connectivity index is 1.22. The highest BCUT2D eigenvalue weighted by atomic mass is 35.5. The van der Waals surface area contributed by atoms with Crippen molar-refractivity contribution >= 4 is 34.7 Å². The number of rotatable bonds is 4. The molecule has 1 saturated carbocycles. The van der Waals surface area contributed by atoms with Gasteiger partial charge in [0.1, 0.15) is 5.82 Å². The summed E-state index contributed by atoms with van der Waals surface area (Å²) < 4.78 is 5.95. The van der Waals surface area contributed by atoms with E-state index in [1.807, 2.05) is 17.0 Å². The highest BCUT2D eigenvalue weighted by molar-refractivity contribution is 7.17. The summed E-state index contributed by atoms with van der Waals surface area (Å²) >= 11 is 7.26. The molecule has 3 aromatic rings. The summed E-state index contributed by atoms with van der Waals surface area (Å²) in [6.07, 6.45) is 4.04. The smallest absolute Gasteiger partial charge is 0.264 e. The van der Waals surface area contributed by atoms with Crippen molar-refractivity contribution in [2.24, 2.45) is 0 Å². The van der Waals surface area contributed by atoms with Crippen LogP contribution < -0.4 is 4.90 Å². The third-order valence-electron chi connectivity index (χ3n) is 5.05. The molecule has 0 aromatic carbocycles. The summed E-state index contributed by atoms with van der Waals surface area (Å²) in [7, 11) is 0. The molecule has 0 spiro atoms. The molecule has 1 amide bonds. The molecule has 0 radical (unpaired) electrons. The van der Waals surface area contributed by atoms with Crippen LogP contribution in [0.2, 0.25) is 4.34 Å². The molecule has 2 fully saturated rings. The van der Waals surface area contributed by atoms with Crippen molar-refractivity contribution in [2.45, 2.75) is 18.8 Å². The molecular formula is C19H18ClN5O2S. The van der Waals surface area contributed by atoms with Crippen molar-refractivity contribution in [2.75, 3.05) is 31.1 Å². The van der Waals surface area contributed by atoms with E-state index in [1.54, 1.807) is 18.3 Å². The number of thiophene rings is 1. The van der Waals surface area contributed by atoms with E-state index in [9.17, 15) is 4.79 Å². The first-order valence-corrected chi connectivity index (χ1v) is 10.5. The molecule has 0 N–H and O–H groups in total. The van der Waals surface area contributed by atoms with E-state index in [2.05, 4.69) is 20.0 Å². The van der Waals surface area contributed by atoms with E-state index in [1.165, 1.54) is 11.3 Å². The minimum Gasteiger partial charge on any atom is -0.353 e. The summed E-state index contributed by atoms with van der Waals surface area (Å²) in [6, 6.07) is 7.49. The van der Waals surface area contributed by atoms with Gasteiger partial charge in [0.2, 0.25) is 11.7 Å². The molecule has 1 aliphatic heterocycles. The van der Waals surface area contributed by atoms with Crippen LogP contribution in [-0.2, 0) is 0 Å². The molecule has 0 atom stereocenters. The molecule has 0 bridgehead atoms. The lowest BCUT2D eigenvalue weighted by Crippen LogP contribution is -2.48. The van der Waals surface area contributed by atoms with Crippen molar-refractivity contribution < 1.29 is 9.32 Å². The Morgan fingerprint density at radius 3 is 2.61 bits per heavy atom. The molecule has 3 aromatic heterocycles. The molecule has 9 heteroatoms. The summed E-state index contributed by atoms with van der Waals surface area (Å²) in [5, 5.41) is 4.06. The zero-order valence-electron chi connectivity index (χ0n) is 15.0. The summed E-state index contributed by atoms with van der Waals surface area (Å²) in [5.41, 5.74) is 0.850. The average molecular weight is 416 g/mol. The van der Waals surface area contributed by atoms with Crippen LogP contribution in [0.15, 0.2) is 35.0 Å². The van der Waals surface area contributed by atoms with Crippen LogP contribution >= 0.6 is 22.9 Å². The fourth-order valence-corrected chi connectivity index (χ4v) is 4.29. The zero-order chi connectivity index (χ0) is 19.1. The predicted octanol–water partition coefficient (Wildman–Crippen LogP) is 3.69. The molecule has 1 aliphatic carbocycles. The van der Waals surface area contributed by atoms with Gasteiger partial charge in [-0.3, -0.25) is 4.79 Å². The highest BCUT2D eigenvalue weighted by Gasteiger charge is 2.30. The number of hydrogen-bond donors (Lipinski definition) is 0. The Kier molecular flexibility index (Phi) is 4.52. The van der Waals surface area contributed by atoms with E-state index in [0.29, 0.717) is 34.0 Å². The number of piperazine rings is 1. The minimum absolute atomic E-state index is 0.0448. The van der Waals surface area contributed by atoms with E-state index in [0.717, 1.165) is 43.2 Å². The van der Waals surface area contributed by atoms with Gasteiger partial charge in [-0.15, -0.1) is 11.3 Å². The Morgan fingerprint density at radius 2 is 1.96 bits per heavy atom. The van der Waals surface area contributed by atoms with E-state index < -0.39 is 0 Å². The molecule has 2 aliphatic rings. The Hall–Kier alpha value is -2.45. The van der Waals surface area contributed by atoms with Crippen LogP contribution in [0.1, 0.15) is 34.3 Å². The Morgan fingerprint density at radius 1 is 1.14 bits per heavy atom. The highest BCUT2D eigenvalue weighted by Crippen LogP contribution is 2.39. The Labute approximate surface area is 170 Å². The molecule has 7 nitrogen and oxygen atoms in total. The third kappa shape index (κ3) is 3.49. The number of pyridine rings is 1. The monoisotopic (exact) mass is 415 g/mol. The van der Waals surface area contributed by atoms with Crippen LogP contribution in [0.3, 0.4) is 0 Å². The van der Waals surface area contributed by atoms with Crippen molar-refractivity contribution in [3.05, 3.63) is 45.6 Å². The van der Waals surface area contributed by atoms with E-state index >= 15 is 0 Å². The number of carbonyl (C=O) groups excluding carboxylic acids is 1. The lowest BCUT2D eigenvalue weighted by molar-refractivity contribution is 0.0751. The standard InChI is InChI=1S/C19H18ClN5O2S/c20-15-5-4-14(28-15)19(26)25-9-7-24(8-10-25)16-6-3-13(11-21-16)17-22-18(27-23-17)12-1-2-12/h3-6,11-12H,1-2,7-10H2. The third-order valence-corrected chi connectivity index (χ3v) is 6.27. The lowest BCUT2D eigenvalue weighted by atomic mass is 10.2. The number of anilines is 1. The number of amides is 1. The summed E-state index contributed by atoms with van der Waals surface area (Å²) in [4.78, 5) is 26.3. The molecule has 5 rings (SSSR count). The number of carbonyl (C=O) groups is 1. The van der Waals surface area contributed by atoms with Crippen LogP contribution in [0.5, 0.6) is 0 Å². The number of nitrogens with zero attached hydrogens (tertiary/aromatic N) is 5. The number of aromatic nitrogens is 3. The van der Waals surface area contributed by atoms with Gasteiger partial charge in [0.15, 0.2) is 0 Å². The number of halogens is 1. The van der Waals surface area contributed by atoms with Crippen LogP contribution in [-0.4, -0.2) is 52.1 Å². The summed E-state index contributed by atoms with van der Waals surface area (Å²) in [6.45, 7) is 2.80. The second kappa shape index (κ2) is 7.18. The Bertz CT molecular complexity index is 990. The fourth-order valence-electron chi connectivity index (χ4n) is 3.28. The van der Waals surface area contributed by atoms with Gasteiger partial charge in [-0.05, 0) is 37.1 Å². The molecular weight excluding hydrogens is 398 g/mol. The van der Waals surface area contributed by atoms with Gasteiger partial charge < -0.3 is 14.3 Å². The van der Waals surface area contributed by atoms with Gasteiger partial charge in [0.05, 0.1) is 9.21 Å².